The lowest BCUT2D eigenvalue weighted by Gasteiger charge is -2.36. The summed E-state index contributed by atoms with van der Waals surface area (Å²) in [4.78, 5) is 35.8. The third-order valence-electron chi connectivity index (χ3n) is 7.36. The largest absolute Gasteiger partial charge is 0.497 e. The quantitative estimate of drug-likeness (QED) is 0.390. The van der Waals surface area contributed by atoms with Gasteiger partial charge in [-0.3, -0.25) is 9.69 Å². The number of allylic oxidation sites excluding steroid dienone is 1. The molecule has 1 N–H and O–H groups in total. The van der Waals surface area contributed by atoms with Gasteiger partial charge in [-0.25, -0.2) is 9.79 Å². The molecule has 11 heteroatoms. The van der Waals surface area contributed by atoms with Gasteiger partial charge in [0.2, 0.25) is 5.91 Å². The number of methoxy groups -OCH3 is 2. The molecule has 10 nitrogen and oxygen atoms in total. The molecular formula is C31H36N4O6S. The highest BCUT2D eigenvalue weighted by Gasteiger charge is 2.42. The van der Waals surface area contributed by atoms with Crippen LogP contribution in [0, 0.1) is 0 Å². The first kappa shape index (κ1) is 29.7. The number of benzene rings is 2. The van der Waals surface area contributed by atoms with Crippen LogP contribution in [-0.2, 0) is 25.7 Å². The van der Waals surface area contributed by atoms with E-state index in [-0.39, 0.29) is 18.9 Å². The Balaban J connectivity index is 1.40. The van der Waals surface area contributed by atoms with Crippen LogP contribution >= 0.6 is 11.8 Å². The molecule has 0 aliphatic carbocycles. The van der Waals surface area contributed by atoms with E-state index in [9.17, 15) is 9.59 Å². The fourth-order valence-electron chi connectivity index (χ4n) is 5.18. The van der Waals surface area contributed by atoms with Gasteiger partial charge < -0.3 is 29.2 Å². The number of esters is 1. The van der Waals surface area contributed by atoms with Crippen LogP contribution in [0.1, 0.15) is 30.5 Å². The smallest absolute Gasteiger partial charge is 0.338 e. The zero-order valence-electron chi connectivity index (χ0n) is 24.1. The van der Waals surface area contributed by atoms with E-state index in [4.69, 9.17) is 23.9 Å². The Morgan fingerprint density at radius 1 is 1.10 bits per heavy atom. The number of thioether (sulfide) groups is 1. The normalized spacial score (nSPS) is 18.6. The van der Waals surface area contributed by atoms with Crippen LogP contribution in [0.3, 0.4) is 0 Å². The van der Waals surface area contributed by atoms with Crippen molar-refractivity contribution in [1.29, 1.82) is 0 Å². The molecule has 0 unspecified atom stereocenters. The maximum atomic E-state index is 13.7. The molecule has 2 aromatic rings. The van der Waals surface area contributed by atoms with Crippen LogP contribution in [0.5, 0.6) is 11.5 Å². The van der Waals surface area contributed by atoms with Crippen molar-refractivity contribution in [2.75, 3.05) is 53.6 Å². The monoisotopic (exact) mass is 592 g/mol. The number of carbonyl (C=O) groups is 2. The zero-order valence-corrected chi connectivity index (χ0v) is 24.9. The van der Waals surface area contributed by atoms with E-state index >= 15 is 0 Å². The maximum Gasteiger partial charge on any atom is 0.338 e. The van der Waals surface area contributed by atoms with Crippen molar-refractivity contribution in [3.8, 4) is 11.5 Å². The predicted molar refractivity (Wildman–Crippen MR) is 161 cm³/mol. The van der Waals surface area contributed by atoms with Crippen LogP contribution in [-0.4, -0.2) is 80.5 Å². The summed E-state index contributed by atoms with van der Waals surface area (Å²) in [6, 6.07) is 14.4. The molecule has 0 aromatic heterocycles. The lowest BCUT2D eigenvalue weighted by molar-refractivity contribution is -0.141. The number of aliphatic imine (C=N–C) groups is 1. The zero-order chi connectivity index (χ0) is 29.5. The van der Waals surface area contributed by atoms with E-state index in [1.54, 1.807) is 20.3 Å². The number of rotatable bonds is 11. The SMILES string of the molecule is COc1ccc([C@H]2C(C(=O)OCc3ccccc3)=C(C)N=C3SC=C(CC(=O)NCCN4CCOCC4)N32)c(OC)c1. The highest BCUT2D eigenvalue weighted by molar-refractivity contribution is 8.16. The van der Waals surface area contributed by atoms with E-state index in [0.717, 1.165) is 36.5 Å². The molecule has 3 aliphatic rings. The van der Waals surface area contributed by atoms with E-state index in [0.29, 0.717) is 47.7 Å². The van der Waals surface area contributed by atoms with Crippen molar-refractivity contribution in [2.24, 2.45) is 4.99 Å². The lowest BCUT2D eigenvalue weighted by atomic mass is 9.93. The van der Waals surface area contributed by atoms with Crippen LogP contribution in [0.2, 0.25) is 0 Å². The molecule has 3 heterocycles. The molecule has 1 saturated heterocycles. The fourth-order valence-corrected chi connectivity index (χ4v) is 6.14. The van der Waals surface area contributed by atoms with Crippen molar-refractivity contribution in [3.63, 3.8) is 0 Å². The highest BCUT2D eigenvalue weighted by atomic mass is 32.2. The molecule has 0 spiro atoms. The number of carbonyl (C=O) groups excluding carboxylic acids is 2. The Morgan fingerprint density at radius 3 is 2.62 bits per heavy atom. The van der Waals surface area contributed by atoms with Gasteiger partial charge >= 0.3 is 5.97 Å². The molecule has 1 amide bonds. The summed E-state index contributed by atoms with van der Waals surface area (Å²) in [7, 11) is 3.17. The molecule has 1 atom stereocenters. The van der Waals surface area contributed by atoms with Crippen molar-refractivity contribution >= 4 is 28.8 Å². The molecule has 5 rings (SSSR count). The van der Waals surface area contributed by atoms with Gasteiger partial charge in [0, 0.05) is 43.5 Å². The summed E-state index contributed by atoms with van der Waals surface area (Å²) in [5.41, 5.74) is 3.30. The van der Waals surface area contributed by atoms with Gasteiger partial charge in [-0.05, 0) is 30.0 Å². The third kappa shape index (κ3) is 6.80. The predicted octanol–water partition coefficient (Wildman–Crippen LogP) is 3.86. The summed E-state index contributed by atoms with van der Waals surface area (Å²) < 4.78 is 22.4. The molecule has 2 aromatic carbocycles. The number of hydrogen-bond donors (Lipinski definition) is 1. The van der Waals surface area contributed by atoms with Crippen LogP contribution in [0.15, 0.2) is 75.9 Å². The second kappa shape index (κ2) is 13.9. The molecule has 0 bridgehead atoms. The Labute approximate surface area is 250 Å². The number of amides is 1. The first-order chi connectivity index (χ1) is 20.5. The van der Waals surface area contributed by atoms with Gasteiger partial charge in [0.05, 0.1) is 51.2 Å². The van der Waals surface area contributed by atoms with Crippen LogP contribution in [0.4, 0.5) is 0 Å². The molecule has 3 aliphatic heterocycles. The van der Waals surface area contributed by atoms with Gasteiger partial charge in [-0.15, -0.1) is 0 Å². The summed E-state index contributed by atoms with van der Waals surface area (Å²) >= 11 is 1.43. The first-order valence-electron chi connectivity index (χ1n) is 13.9. The average Bonchev–Trinajstić information content (AvgIpc) is 3.41. The maximum absolute atomic E-state index is 13.7. The summed E-state index contributed by atoms with van der Waals surface area (Å²) in [5, 5.41) is 5.65. The molecule has 42 heavy (non-hydrogen) atoms. The summed E-state index contributed by atoms with van der Waals surface area (Å²) in [6.45, 7) is 6.42. The van der Waals surface area contributed by atoms with Crippen molar-refractivity contribution in [3.05, 3.63) is 82.0 Å². The van der Waals surface area contributed by atoms with E-state index < -0.39 is 12.0 Å². The van der Waals surface area contributed by atoms with E-state index in [1.165, 1.54) is 11.8 Å². The van der Waals surface area contributed by atoms with E-state index in [2.05, 4.69) is 10.2 Å². The van der Waals surface area contributed by atoms with Crippen molar-refractivity contribution in [2.45, 2.75) is 26.0 Å². The minimum absolute atomic E-state index is 0.101. The lowest BCUT2D eigenvalue weighted by Crippen LogP contribution is -2.42. The number of ether oxygens (including phenoxy) is 4. The number of nitrogens with zero attached hydrogens (tertiary/aromatic N) is 3. The molecule has 222 valence electrons. The standard InChI is InChI=1S/C31H36N4O6S/c1-21-28(30(37)41-19-22-7-5-4-6-8-22)29(25-10-9-24(38-2)18-26(25)39-3)35-23(20-42-31(35)33-21)17-27(36)32-11-12-34-13-15-40-16-14-34/h4-10,18,20,29H,11-17,19H2,1-3H3,(H,32,36)/t29-/m0/s1. The Kier molecular flexibility index (Phi) is 9.83. The average molecular weight is 593 g/mol. The minimum atomic E-state index is -0.621. The van der Waals surface area contributed by atoms with Crippen LogP contribution < -0.4 is 14.8 Å². The number of amidine groups is 1. The second-order valence-electron chi connectivity index (χ2n) is 10.0. The molecular weight excluding hydrogens is 556 g/mol. The molecule has 0 radical (unpaired) electrons. The van der Waals surface area contributed by atoms with Gasteiger partial charge in [0.25, 0.3) is 0 Å². The second-order valence-corrected chi connectivity index (χ2v) is 10.9. The number of hydrogen-bond acceptors (Lipinski definition) is 10. The van der Waals surface area contributed by atoms with Gasteiger partial charge in [-0.1, -0.05) is 42.1 Å². The molecule has 0 saturated carbocycles. The number of fused-ring (bicyclic) bond motifs is 1. The summed E-state index contributed by atoms with van der Waals surface area (Å²) in [6.07, 6.45) is 0.134. The topological polar surface area (TPSA) is 102 Å². The van der Waals surface area contributed by atoms with Gasteiger partial charge in [-0.2, -0.15) is 0 Å². The third-order valence-corrected chi connectivity index (χ3v) is 8.25. The fraction of sp³-hybridized carbons (Fsp3) is 0.387. The summed E-state index contributed by atoms with van der Waals surface area (Å²) in [5.74, 6) is 0.595. The van der Waals surface area contributed by atoms with Gasteiger partial charge in [0.1, 0.15) is 18.1 Å². The van der Waals surface area contributed by atoms with Crippen molar-refractivity contribution < 1.29 is 28.5 Å². The number of nitrogens with one attached hydrogen (secondary N) is 1. The molecule has 1 fully saturated rings. The van der Waals surface area contributed by atoms with Crippen LogP contribution in [0.25, 0.3) is 0 Å². The Morgan fingerprint density at radius 2 is 1.88 bits per heavy atom. The van der Waals surface area contributed by atoms with E-state index in [1.807, 2.05) is 59.7 Å². The van der Waals surface area contributed by atoms with Crippen molar-refractivity contribution in [1.82, 2.24) is 15.1 Å². The van der Waals surface area contributed by atoms with Gasteiger partial charge in [0.15, 0.2) is 5.17 Å². The Hall–Kier alpha value is -3.80. The highest BCUT2D eigenvalue weighted by Crippen LogP contribution is 2.47. The Bertz CT molecular complexity index is 1390. The number of morpholine rings is 1. The minimum Gasteiger partial charge on any atom is -0.497 e. The first-order valence-corrected chi connectivity index (χ1v) is 14.8.